The predicted molar refractivity (Wildman–Crippen MR) is 120 cm³/mol. The second kappa shape index (κ2) is 9.50. The lowest BCUT2D eigenvalue weighted by atomic mass is 10.2. The Labute approximate surface area is 186 Å². The van der Waals surface area contributed by atoms with Crippen molar-refractivity contribution in [3.8, 4) is 5.75 Å². The van der Waals surface area contributed by atoms with Crippen molar-refractivity contribution < 1.29 is 17.9 Å². The van der Waals surface area contributed by atoms with E-state index < -0.39 is 11.7 Å². The Hall–Kier alpha value is -2.56. The maximum atomic E-state index is 13.4. The third kappa shape index (κ3) is 5.97. The molecule has 2 aromatic carbocycles. The Morgan fingerprint density at radius 2 is 1.60 bits per heavy atom. The standard InChI is InChI=1S/C21H20F3IN4O/c1-3-13(2)30-17-10-8-15(9-11-17)27-19-18(21(22,23)24)12-26-20(29-19)28-16-6-4-14(25)5-7-16/h4-13H,3H2,1-2H3,(H2,26,27,28,29). The van der Waals surface area contributed by atoms with Crippen molar-refractivity contribution in [1.82, 2.24) is 9.97 Å². The monoisotopic (exact) mass is 528 g/mol. The SMILES string of the molecule is CCC(C)Oc1ccc(Nc2nc(Nc3ccc(I)cc3)ncc2C(F)(F)F)cc1. The molecule has 0 amide bonds. The highest BCUT2D eigenvalue weighted by Gasteiger charge is 2.35. The van der Waals surface area contributed by atoms with Gasteiger partial charge < -0.3 is 15.4 Å². The molecule has 0 aliphatic heterocycles. The normalized spacial score (nSPS) is 12.3. The number of rotatable bonds is 7. The highest BCUT2D eigenvalue weighted by atomic mass is 127. The minimum atomic E-state index is -4.59. The largest absolute Gasteiger partial charge is 0.491 e. The first-order valence-electron chi connectivity index (χ1n) is 9.25. The molecular weight excluding hydrogens is 508 g/mol. The molecule has 30 heavy (non-hydrogen) atoms. The van der Waals surface area contributed by atoms with Crippen molar-refractivity contribution in [2.45, 2.75) is 32.5 Å². The topological polar surface area (TPSA) is 59.1 Å². The molecule has 0 fully saturated rings. The van der Waals surface area contributed by atoms with E-state index in [0.29, 0.717) is 17.1 Å². The molecule has 0 saturated carbocycles. The van der Waals surface area contributed by atoms with Crippen molar-refractivity contribution in [1.29, 1.82) is 0 Å². The van der Waals surface area contributed by atoms with Gasteiger partial charge in [-0.2, -0.15) is 18.2 Å². The van der Waals surface area contributed by atoms with Gasteiger partial charge in [0, 0.05) is 21.1 Å². The number of nitrogens with one attached hydrogen (secondary N) is 2. The number of benzene rings is 2. The van der Waals surface area contributed by atoms with Crippen molar-refractivity contribution in [3.05, 3.63) is 63.9 Å². The predicted octanol–water partition coefficient (Wildman–Crippen LogP) is 6.76. The summed E-state index contributed by atoms with van der Waals surface area (Å²) in [5.74, 6) is 0.374. The van der Waals surface area contributed by atoms with Crippen LogP contribution in [0.25, 0.3) is 0 Å². The average molecular weight is 528 g/mol. The fourth-order valence-electron chi connectivity index (χ4n) is 2.48. The van der Waals surface area contributed by atoms with E-state index in [-0.39, 0.29) is 17.9 Å². The molecule has 3 aromatic rings. The smallest absolute Gasteiger partial charge is 0.421 e. The number of hydrogen-bond acceptors (Lipinski definition) is 5. The van der Waals surface area contributed by atoms with Crippen LogP contribution in [0.2, 0.25) is 0 Å². The molecule has 5 nitrogen and oxygen atoms in total. The second-order valence-corrected chi connectivity index (χ2v) is 7.82. The summed E-state index contributed by atoms with van der Waals surface area (Å²) in [4.78, 5) is 7.87. The molecule has 0 aliphatic carbocycles. The molecule has 0 bridgehead atoms. The first-order chi connectivity index (χ1) is 14.2. The fraction of sp³-hybridized carbons (Fsp3) is 0.238. The van der Waals surface area contributed by atoms with Gasteiger partial charge in [0.1, 0.15) is 17.1 Å². The quantitative estimate of drug-likeness (QED) is 0.332. The van der Waals surface area contributed by atoms with Gasteiger partial charge in [0.05, 0.1) is 6.10 Å². The van der Waals surface area contributed by atoms with Crippen LogP contribution in [0.3, 0.4) is 0 Å². The average Bonchev–Trinajstić information content (AvgIpc) is 2.70. The number of halogens is 4. The van der Waals surface area contributed by atoms with Gasteiger partial charge in [-0.3, -0.25) is 0 Å². The summed E-state index contributed by atoms with van der Waals surface area (Å²) in [5, 5.41) is 5.66. The lowest BCUT2D eigenvalue weighted by Gasteiger charge is -2.16. The summed E-state index contributed by atoms with van der Waals surface area (Å²) >= 11 is 2.17. The van der Waals surface area contributed by atoms with Crippen LogP contribution in [-0.2, 0) is 6.18 Å². The molecule has 3 rings (SSSR count). The van der Waals surface area contributed by atoms with Crippen LogP contribution in [0, 0.1) is 3.57 Å². The first kappa shape index (κ1) is 22.1. The first-order valence-corrected chi connectivity index (χ1v) is 10.3. The van der Waals surface area contributed by atoms with Crippen LogP contribution in [0.4, 0.5) is 36.3 Å². The van der Waals surface area contributed by atoms with E-state index in [2.05, 4.69) is 43.2 Å². The zero-order valence-corrected chi connectivity index (χ0v) is 18.5. The molecule has 2 N–H and O–H groups in total. The van der Waals surface area contributed by atoms with Gasteiger partial charge in [-0.15, -0.1) is 0 Å². The Morgan fingerprint density at radius 3 is 2.20 bits per heavy atom. The van der Waals surface area contributed by atoms with E-state index in [1.807, 2.05) is 26.0 Å². The van der Waals surface area contributed by atoms with E-state index in [1.54, 1.807) is 36.4 Å². The molecule has 0 radical (unpaired) electrons. The highest BCUT2D eigenvalue weighted by Crippen LogP contribution is 2.35. The molecule has 9 heteroatoms. The molecular formula is C21H20F3IN4O. The summed E-state index contributed by atoms with van der Waals surface area (Å²) in [6.07, 6.45) is -2.92. The van der Waals surface area contributed by atoms with Crippen LogP contribution >= 0.6 is 22.6 Å². The van der Waals surface area contributed by atoms with Crippen molar-refractivity contribution in [3.63, 3.8) is 0 Å². The molecule has 0 saturated heterocycles. The van der Waals surface area contributed by atoms with Gasteiger partial charge in [0.15, 0.2) is 0 Å². The Balaban J connectivity index is 1.84. The van der Waals surface area contributed by atoms with E-state index >= 15 is 0 Å². The van der Waals surface area contributed by atoms with Gasteiger partial charge in [0.2, 0.25) is 5.95 Å². The zero-order valence-electron chi connectivity index (χ0n) is 16.3. The summed E-state index contributed by atoms with van der Waals surface area (Å²) in [7, 11) is 0. The lowest BCUT2D eigenvalue weighted by Crippen LogP contribution is -2.12. The van der Waals surface area contributed by atoms with Gasteiger partial charge in [-0.05, 0) is 84.5 Å². The van der Waals surface area contributed by atoms with E-state index in [0.717, 1.165) is 16.2 Å². The summed E-state index contributed by atoms with van der Waals surface area (Å²) < 4.78 is 47.1. The van der Waals surface area contributed by atoms with E-state index in [1.165, 1.54) is 0 Å². The van der Waals surface area contributed by atoms with Crippen LogP contribution in [-0.4, -0.2) is 16.1 Å². The van der Waals surface area contributed by atoms with Gasteiger partial charge in [0.25, 0.3) is 0 Å². The Kier molecular flexibility index (Phi) is 7.01. The molecule has 1 atom stereocenters. The summed E-state index contributed by atoms with van der Waals surface area (Å²) in [6, 6.07) is 14.0. The Morgan fingerprint density at radius 1 is 1.00 bits per heavy atom. The zero-order chi connectivity index (χ0) is 21.7. The van der Waals surface area contributed by atoms with Crippen LogP contribution in [0.15, 0.2) is 54.7 Å². The minimum absolute atomic E-state index is 0.0532. The molecule has 0 aliphatic rings. The van der Waals surface area contributed by atoms with Crippen molar-refractivity contribution in [2.24, 2.45) is 0 Å². The van der Waals surface area contributed by atoms with E-state index in [4.69, 9.17) is 4.74 Å². The summed E-state index contributed by atoms with van der Waals surface area (Å²) in [6.45, 7) is 3.96. The molecule has 1 aromatic heterocycles. The van der Waals surface area contributed by atoms with Crippen LogP contribution in [0.1, 0.15) is 25.8 Å². The maximum Gasteiger partial charge on any atom is 0.421 e. The third-order valence-corrected chi connectivity index (χ3v) is 4.94. The third-order valence-electron chi connectivity index (χ3n) is 4.22. The number of aromatic nitrogens is 2. The molecule has 0 spiro atoms. The molecule has 158 valence electrons. The minimum Gasteiger partial charge on any atom is -0.491 e. The van der Waals surface area contributed by atoms with Crippen molar-refractivity contribution in [2.75, 3.05) is 10.6 Å². The van der Waals surface area contributed by atoms with Gasteiger partial charge in [-0.25, -0.2) is 4.98 Å². The summed E-state index contributed by atoms with van der Waals surface area (Å²) in [5.41, 5.74) is 0.180. The van der Waals surface area contributed by atoms with Gasteiger partial charge >= 0.3 is 6.18 Å². The molecule has 1 unspecified atom stereocenters. The number of alkyl halides is 3. The van der Waals surface area contributed by atoms with Gasteiger partial charge in [-0.1, -0.05) is 6.92 Å². The van der Waals surface area contributed by atoms with E-state index in [9.17, 15) is 13.2 Å². The molecule has 1 heterocycles. The van der Waals surface area contributed by atoms with Crippen molar-refractivity contribution >= 4 is 45.7 Å². The number of ether oxygens (including phenoxy) is 1. The van der Waals surface area contributed by atoms with Crippen LogP contribution < -0.4 is 15.4 Å². The van der Waals surface area contributed by atoms with Crippen LogP contribution in [0.5, 0.6) is 5.75 Å². The lowest BCUT2D eigenvalue weighted by molar-refractivity contribution is -0.137. The fourth-order valence-corrected chi connectivity index (χ4v) is 2.84. The number of anilines is 4. The number of nitrogens with zero attached hydrogens (tertiary/aromatic N) is 2. The maximum absolute atomic E-state index is 13.4. The number of hydrogen-bond donors (Lipinski definition) is 2. The Bertz CT molecular complexity index is 979. The highest BCUT2D eigenvalue weighted by molar-refractivity contribution is 14.1. The second-order valence-electron chi connectivity index (χ2n) is 6.57.